The average molecular weight is 351 g/mol. The maximum atomic E-state index is 12.5. The number of hydrogen-bond acceptors (Lipinski definition) is 3. The molecule has 23 heavy (non-hydrogen) atoms. The van der Waals surface area contributed by atoms with Gasteiger partial charge in [-0.15, -0.1) is 0 Å². The van der Waals surface area contributed by atoms with Crippen LogP contribution in [0.5, 0.6) is 0 Å². The van der Waals surface area contributed by atoms with E-state index in [1.165, 1.54) is 6.07 Å². The Bertz CT molecular complexity index is 894. The smallest absolute Gasteiger partial charge is 0.261 e. The van der Waals surface area contributed by atoms with Gasteiger partial charge in [0.2, 0.25) is 5.91 Å². The van der Waals surface area contributed by atoms with Gasteiger partial charge in [0.25, 0.3) is 10.0 Å². The van der Waals surface area contributed by atoms with Gasteiger partial charge in [-0.25, -0.2) is 8.42 Å². The predicted molar refractivity (Wildman–Crippen MR) is 90.4 cm³/mol. The molecule has 2 aromatic carbocycles. The van der Waals surface area contributed by atoms with Crippen LogP contribution in [-0.2, 0) is 21.2 Å². The highest BCUT2D eigenvalue weighted by Gasteiger charge is 2.20. The van der Waals surface area contributed by atoms with Crippen LogP contribution in [-0.4, -0.2) is 14.3 Å². The number of anilines is 2. The van der Waals surface area contributed by atoms with E-state index in [1.54, 1.807) is 30.3 Å². The molecule has 2 aromatic rings. The molecule has 0 radical (unpaired) electrons. The van der Waals surface area contributed by atoms with Crippen molar-refractivity contribution in [1.82, 2.24) is 0 Å². The molecule has 1 heterocycles. The van der Waals surface area contributed by atoms with E-state index in [4.69, 9.17) is 11.6 Å². The van der Waals surface area contributed by atoms with Crippen LogP contribution in [0.2, 0.25) is 5.02 Å². The molecule has 120 valence electrons. The molecule has 0 unspecified atom stereocenters. The Hall–Kier alpha value is -2.05. The second kappa shape index (κ2) is 5.86. The summed E-state index contributed by atoms with van der Waals surface area (Å²) in [5, 5.41) is 3.07. The fourth-order valence-corrected chi connectivity index (χ4v) is 3.90. The molecule has 0 spiro atoms. The van der Waals surface area contributed by atoms with Gasteiger partial charge in [0.15, 0.2) is 0 Å². The molecular weight excluding hydrogens is 336 g/mol. The Morgan fingerprint density at radius 3 is 2.65 bits per heavy atom. The van der Waals surface area contributed by atoms with Crippen LogP contribution in [0.25, 0.3) is 0 Å². The summed E-state index contributed by atoms with van der Waals surface area (Å²) in [6.45, 7) is 1.88. The van der Waals surface area contributed by atoms with E-state index >= 15 is 0 Å². The van der Waals surface area contributed by atoms with E-state index in [9.17, 15) is 13.2 Å². The summed E-state index contributed by atoms with van der Waals surface area (Å²) in [6.07, 6.45) is 0.879. The number of hydrogen-bond donors (Lipinski definition) is 2. The Labute approximate surface area is 139 Å². The zero-order valence-corrected chi connectivity index (χ0v) is 14.0. The summed E-state index contributed by atoms with van der Waals surface area (Å²) in [6, 6.07) is 9.77. The van der Waals surface area contributed by atoms with Crippen LogP contribution in [0.1, 0.15) is 17.5 Å². The summed E-state index contributed by atoms with van der Waals surface area (Å²) in [4.78, 5) is 11.5. The molecule has 1 amide bonds. The van der Waals surface area contributed by atoms with Crippen molar-refractivity contribution in [2.75, 3.05) is 10.0 Å². The quantitative estimate of drug-likeness (QED) is 0.891. The van der Waals surface area contributed by atoms with Gasteiger partial charge in [-0.05, 0) is 54.8 Å². The molecule has 0 bridgehead atoms. The van der Waals surface area contributed by atoms with Crippen LogP contribution >= 0.6 is 11.6 Å². The average Bonchev–Trinajstić information content (AvgIpc) is 2.49. The highest BCUT2D eigenvalue weighted by Crippen LogP contribution is 2.28. The summed E-state index contributed by atoms with van der Waals surface area (Å²) in [7, 11) is -3.74. The molecule has 1 aliphatic heterocycles. The highest BCUT2D eigenvalue weighted by molar-refractivity contribution is 7.92. The van der Waals surface area contributed by atoms with Crippen LogP contribution in [0.4, 0.5) is 11.4 Å². The Morgan fingerprint density at radius 2 is 1.91 bits per heavy atom. The summed E-state index contributed by atoms with van der Waals surface area (Å²) in [5.41, 5.74) is 2.75. The number of fused-ring (bicyclic) bond motifs is 1. The number of rotatable bonds is 3. The van der Waals surface area contributed by atoms with Gasteiger partial charge in [-0.2, -0.15) is 0 Å². The molecule has 0 aromatic heterocycles. The van der Waals surface area contributed by atoms with Gasteiger partial charge in [-0.1, -0.05) is 17.7 Å². The molecule has 0 saturated heterocycles. The standard InChI is InChI=1S/C16H15ClN2O3S/c1-10-2-5-15(13(17)8-10)19-23(21,22)12-4-6-14-11(9-12)3-7-16(20)18-14/h2,4-6,8-9,19H,3,7H2,1H3,(H,18,20). The lowest BCUT2D eigenvalue weighted by Crippen LogP contribution is -2.20. The molecule has 0 fully saturated rings. The fourth-order valence-electron chi connectivity index (χ4n) is 2.43. The minimum absolute atomic E-state index is 0.0577. The summed E-state index contributed by atoms with van der Waals surface area (Å²) in [5.74, 6) is -0.0577. The first kappa shape index (κ1) is 15.8. The van der Waals surface area contributed by atoms with Crippen molar-refractivity contribution in [3.05, 3.63) is 52.5 Å². The maximum Gasteiger partial charge on any atom is 0.261 e. The number of benzene rings is 2. The molecule has 0 saturated carbocycles. The van der Waals surface area contributed by atoms with E-state index in [1.807, 2.05) is 6.92 Å². The second-order valence-electron chi connectivity index (χ2n) is 5.46. The van der Waals surface area contributed by atoms with E-state index in [2.05, 4.69) is 10.0 Å². The third kappa shape index (κ3) is 3.33. The fraction of sp³-hybridized carbons (Fsp3) is 0.188. The molecule has 0 aliphatic carbocycles. The van der Waals surface area contributed by atoms with Crippen molar-refractivity contribution in [2.24, 2.45) is 0 Å². The number of amides is 1. The first-order valence-corrected chi connectivity index (χ1v) is 8.93. The van der Waals surface area contributed by atoms with E-state index in [0.717, 1.165) is 11.1 Å². The minimum Gasteiger partial charge on any atom is -0.326 e. The summed E-state index contributed by atoms with van der Waals surface area (Å²) >= 11 is 6.08. The van der Waals surface area contributed by atoms with Gasteiger partial charge in [0.1, 0.15) is 0 Å². The number of halogens is 1. The van der Waals surface area contributed by atoms with E-state index < -0.39 is 10.0 Å². The molecular formula is C16H15ClN2O3S. The monoisotopic (exact) mass is 350 g/mol. The minimum atomic E-state index is -3.74. The van der Waals surface area contributed by atoms with Crippen molar-refractivity contribution in [3.8, 4) is 0 Å². The lowest BCUT2D eigenvalue weighted by atomic mass is 10.0. The van der Waals surface area contributed by atoms with Crippen LogP contribution in [0.15, 0.2) is 41.3 Å². The number of nitrogens with one attached hydrogen (secondary N) is 2. The number of carbonyl (C=O) groups excluding carboxylic acids is 1. The van der Waals surface area contributed by atoms with Gasteiger partial charge < -0.3 is 5.32 Å². The second-order valence-corrected chi connectivity index (χ2v) is 7.55. The Kier molecular flexibility index (Phi) is 4.04. The highest BCUT2D eigenvalue weighted by atomic mass is 35.5. The van der Waals surface area contributed by atoms with Crippen molar-refractivity contribution in [3.63, 3.8) is 0 Å². The largest absolute Gasteiger partial charge is 0.326 e. The third-order valence-electron chi connectivity index (χ3n) is 3.65. The molecule has 2 N–H and O–H groups in total. The van der Waals surface area contributed by atoms with Crippen LogP contribution in [0, 0.1) is 6.92 Å². The molecule has 5 nitrogen and oxygen atoms in total. The van der Waals surface area contributed by atoms with Gasteiger partial charge in [0.05, 0.1) is 15.6 Å². The van der Waals surface area contributed by atoms with Gasteiger partial charge in [0, 0.05) is 12.1 Å². The van der Waals surface area contributed by atoms with Crippen LogP contribution < -0.4 is 10.0 Å². The van der Waals surface area contributed by atoms with Crippen molar-refractivity contribution in [1.29, 1.82) is 0 Å². The first-order valence-electron chi connectivity index (χ1n) is 7.07. The molecule has 3 rings (SSSR count). The number of carbonyl (C=O) groups is 1. The topological polar surface area (TPSA) is 75.3 Å². The Balaban J connectivity index is 1.92. The predicted octanol–water partition coefficient (Wildman–Crippen LogP) is 3.33. The molecule has 7 heteroatoms. The van der Waals surface area contributed by atoms with Crippen molar-refractivity contribution in [2.45, 2.75) is 24.7 Å². The Morgan fingerprint density at radius 1 is 1.13 bits per heavy atom. The lowest BCUT2D eigenvalue weighted by molar-refractivity contribution is -0.116. The maximum absolute atomic E-state index is 12.5. The molecule has 0 atom stereocenters. The number of aryl methyl sites for hydroxylation is 2. The van der Waals surface area contributed by atoms with Gasteiger partial charge in [-0.3, -0.25) is 9.52 Å². The zero-order valence-electron chi connectivity index (χ0n) is 12.4. The summed E-state index contributed by atoms with van der Waals surface area (Å²) < 4.78 is 27.6. The SMILES string of the molecule is Cc1ccc(NS(=O)(=O)c2ccc3c(c2)CCC(=O)N3)c(Cl)c1. The van der Waals surface area contributed by atoms with Crippen molar-refractivity contribution >= 4 is 38.9 Å². The van der Waals surface area contributed by atoms with E-state index in [-0.39, 0.29) is 10.8 Å². The van der Waals surface area contributed by atoms with E-state index in [0.29, 0.717) is 29.2 Å². The van der Waals surface area contributed by atoms with Crippen LogP contribution in [0.3, 0.4) is 0 Å². The van der Waals surface area contributed by atoms with Gasteiger partial charge >= 0.3 is 0 Å². The molecule has 1 aliphatic rings. The van der Waals surface area contributed by atoms with Crippen molar-refractivity contribution < 1.29 is 13.2 Å². The number of sulfonamides is 1. The first-order chi connectivity index (χ1) is 10.8. The third-order valence-corrected chi connectivity index (χ3v) is 5.33. The lowest BCUT2D eigenvalue weighted by Gasteiger charge is -2.18. The zero-order chi connectivity index (χ0) is 16.6. The normalized spacial score (nSPS) is 14.1.